The molecule has 0 unspecified atom stereocenters. The van der Waals surface area contributed by atoms with Gasteiger partial charge in [0.05, 0.1) is 6.54 Å². The molecule has 138 valence electrons. The second-order valence-electron chi connectivity index (χ2n) is 6.69. The van der Waals surface area contributed by atoms with E-state index in [1.807, 2.05) is 6.92 Å². The third-order valence-electron chi connectivity index (χ3n) is 4.02. The number of nitrogens with zero attached hydrogens (tertiary/aromatic N) is 2. The van der Waals surface area contributed by atoms with Gasteiger partial charge < -0.3 is 20.9 Å². The van der Waals surface area contributed by atoms with Gasteiger partial charge in [0, 0.05) is 32.1 Å². The van der Waals surface area contributed by atoms with Crippen molar-refractivity contribution >= 4 is 11.9 Å². The Balaban J connectivity index is 1.84. The number of rotatable bonds is 9. The Morgan fingerprint density at radius 2 is 1.80 bits per heavy atom. The molecule has 6 nitrogen and oxygen atoms in total. The van der Waals surface area contributed by atoms with Crippen LogP contribution < -0.4 is 16.0 Å². The average Bonchev–Trinajstić information content (AvgIpc) is 3.42. The van der Waals surface area contributed by atoms with Crippen molar-refractivity contribution in [3.05, 3.63) is 35.4 Å². The molecule has 0 heterocycles. The molecule has 1 amide bonds. The van der Waals surface area contributed by atoms with Crippen molar-refractivity contribution in [1.82, 2.24) is 20.9 Å². The van der Waals surface area contributed by atoms with Gasteiger partial charge in [-0.05, 0) is 45.0 Å². The third kappa shape index (κ3) is 7.13. The molecule has 1 aromatic carbocycles. The number of hydrogen-bond acceptors (Lipinski definition) is 3. The second kappa shape index (κ2) is 10.0. The lowest BCUT2D eigenvalue weighted by Crippen LogP contribution is -2.41. The van der Waals surface area contributed by atoms with Gasteiger partial charge in [0.25, 0.3) is 0 Å². The fraction of sp³-hybridized carbons (Fsp3) is 0.579. The quantitative estimate of drug-likeness (QED) is 0.359. The highest BCUT2D eigenvalue weighted by Crippen LogP contribution is 2.28. The van der Waals surface area contributed by atoms with Gasteiger partial charge in [-0.3, -0.25) is 4.79 Å². The maximum atomic E-state index is 11.6. The largest absolute Gasteiger partial charge is 0.357 e. The van der Waals surface area contributed by atoms with E-state index in [0.717, 1.165) is 31.9 Å². The first-order valence-corrected chi connectivity index (χ1v) is 9.11. The lowest BCUT2D eigenvalue weighted by molar-refractivity contribution is -0.122. The number of nitrogens with one attached hydrogen (secondary N) is 3. The molecule has 1 saturated carbocycles. The third-order valence-corrected chi connectivity index (χ3v) is 4.02. The molecule has 25 heavy (non-hydrogen) atoms. The Hall–Kier alpha value is -2.08. The Kier molecular flexibility index (Phi) is 7.73. The fourth-order valence-electron chi connectivity index (χ4n) is 2.57. The summed E-state index contributed by atoms with van der Waals surface area (Å²) in [6.07, 6.45) is 2.07. The lowest BCUT2D eigenvalue weighted by atomic mass is 10.1. The number of carbonyl (C=O) groups is 1. The van der Waals surface area contributed by atoms with E-state index < -0.39 is 0 Å². The van der Waals surface area contributed by atoms with E-state index in [-0.39, 0.29) is 11.8 Å². The molecular formula is C19H31N5O. The van der Waals surface area contributed by atoms with Crippen LogP contribution in [-0.4, -0.2) is 50.5 Å². The molecule has 1 aliphatic rings. The molecule has 2 rings (SSSR count). The Morgan fingerprint density at radius 1 is 1.12 bits per heavy atom. The van der Waals surface area contributed by atoms with Gasteiger partial charge in [-0.15, -0.1) is 0 Å². The molecule has 0 radical (unpaired) electrons. The molecule has 3 N–H and O–H groups in total. The molecule has 0 saturated heterocycles. The summed E-state index contributed by atoms with van der Waals surface area (Å²) in [5.41, 5.74) is 2.53. The average molecular weight is 345 g/mol. The Morgan fingerprint density at radius 3 is 2.44 bits per heavy atom. The van der Waals surface area contributed by atoms with Gasteiger partial charge in [0.2, 0.25) is 5.91 Å². The topological polar surface area (TPSA) is 68.8 Å². The summed E-state index contributed by atoms with van der Waals surface area (Å²) < 4.78 is 0. The first-order valence-electron chi connectivity index (χ1n) is 9.11. The van der Waals surface area contributed by atoms with E-state index in [1.165, 1.54) is 11.1 Å². The molecular weight excluding hydrogens is 314 g/mol. The van der Waals surface area contributed by atoms with Crippen molar-refractivity contribution < 1.29 is 4.79 Å². The molecule has 1 fully saturated rings. The monoisotopic (exact) mass is 345 g/mol. The summed E-state index contributed by atoms with van der Waals surface area (Å²) >= 11 is 0. The predicted octanol–water partition coefficient (Wildman–Crippen LogP) is 1.33. The van der Waals surface area contributed by atoms with Crippen LogP contribution in [0.4, 0.5) is 0 Å². The highest BCUT2D eigenvalue weighted by molar-refractivity contribution is 5.81. The number of benzene rings is 1. The Bertz CT molecular complexity index is 581. The molecule has 0 aromatic heterocycles. The molecule has 1 aliphatic carbocycles. The minimum Gasteiger partial charge on any atom is -0.357 e. The number of hydrogen-bond donors (Lipinski definition) is 3. The number of carbonyl (C=O) groups excluding carboxylic acids is 1. The zero-order valence-corrected chi connectivity index (χ0v) is 15.6. The summed E-state index contributed by atoms with van der Waals surface area (Å²) in [6, 6.07) is 8.40. The fourth-order valence-corrected chi connectivity index (χ4v) is 2.57. The maximum absolute atomic E-state index is 11.6. The lowest BCUT2D eigenvalue weighted by Gasteiger charge is -2.14. The maximum Gasteiger partial charge on any atom is 0.223 e. The first-order chi connectivity index (χ1) is 12.1. The van der Waals surface area contributed by atoms with Gasteiger partial charge in [0.1, 0.15) is 0 Å². The molecule has 0 spiro atoms. The standard InChI is InChI=1S/C19H31N5O/c1-4-20-19(22-12-11-21-18(25)15-9-10-15)23-13-16-7-5-6-8-17(16)14-24(2)3/h5-8,15H,4,9-14H2,1-3H3,(H,21,25)(H2,20,22,23). The highest BCUT2D eigenvalue weighted by Gasteiger charge is 2.28. The van der Waals surface area contributed by atoms with Gasteiger partial charge in [-0.1, -0.05) is 24.3 Å². The van der Waals surface area contributed by atoms with Gasteiger partial charge >= 0.3 is 0 Å². The summed E-state index contributed by atoms with van der Waals surface area (Å²) in [4.78, 5) is 18.5. The normalized spacial score (nSPS) is 14.5. The van der Waals surface area contributed by atoms with Crippen LogP contribution >= 0.6 is 0 Å². The van der Waals surface area contributed by atoms with Crippen molar-refractivity contribution in [1.29, 1.82) is 0 Å². The van der Waals surface area contributed by atoms with Crippen LogP contribution in [0.5, 0.6) is 0 Å². The summed E-state index contributed by atoms with van der Waals surface area (Å²) in [5.74, 6) is 1.22. The smallest absolute Gasteiger partial charge is 0.223 e. The SMILES string of the molecule is CCNC(=NCc1ccccc1CN(C)C)NCCNC(=O)C1CC1. The zero-order chi connectivity index (χ0) is 18.1. The van der Waals surface area contributed by atoms with Gasteiger partial charge in [-0.2, -0.15) is 0 Å². The van der Waals surface area contributed by atoms with Gasteiger partial charge in [-0.25, -0.2) is 4.99 Å². The van der Waals surface area contributed by atoms with Crippen molar-refractivity contribution in [2.24, 2.45) is 10.9 Å². The Labute approximate surface area is 151 Å². The first kappa shape index (κ1) is 19.2. The minimum absolute atomic E-state index is 0.182. The van der Waals surface area contributed by atoms with E-state index in [2.05, 4.69) is 64.2 Å². The zero-order valence-electron chi connectivity index (χ0n) is 15.6. The molecule has 0 aliphatic heterocycles. The van der Waals surface area contributed by atoms with E-state index in [0.29, 0.717) is 19.6 Å². The van der Waals surface area contributed by atoms with E-state index in [4.69, 9.17) is 0 Å². The van der Waals surface area contributed by atoms with E-state index in [9.17, 15) is 4.79 Å². The summed E-state index contributed by atoms with van der Waals surface area (Å²) in [7, 11) is 4.14. The van der Waals surface area contributed by atoms with Crippen LogP contribution in [0.3, 0.4) is 0 Å². The van der Waals surface area contributed by atoms with Crippen LogP contribution in [0.2, 0.25) is 0 Å². The van der Waals surface area contributed by atoms with Crippen LogP contribution in [-0.2, 0) is 17.9 Å². The highest BCUT2D eigenvalue weighted by atomic mass is 16.2. The van der Waals surface area contributed by atoms with Crippen LogP contribution in [0.1, 0.15) is 30.9 Å². The van der Waals surface area contributed by atoms with Crippen molar-refractivity contribution in [2.45, 2.75) is 32.9 Å². The van der Waals surface area contributed by atoms with Gasteiger partial charge in [0.15, 0.2) is 5.96 Å². The van der Waals surface area contributed by atoms with Crippen LogP contribution in [0.25, 0.3) is 0 Å². The number of aliphatic imine (C=N–C) groups is 1. The second-order valence-corrected chi connectivity index (χ2v) is 6.69. The van der Waals surface area contributed by atoms with Crippen LogP contribution in [0, 0.1) is 5.92 Å². The van der Waals surface area contributed by atoms with Crippen molar-refractivity contribution in [2.75, 3.05) is 33.7 Å². The number of amides is 1. The molecule has 0 atom stereocenters. The predicted molar refractivity (Wildman–Crippen MR) is 102 cm³/mol. The van der Waals surface area contributed by atoms with Crippen molar-refractivity contribution in [3.8, 4) is 0 Å². The number of guanidine groups is 1. The van der Waals surface area contributed by atoms with Crippen LogP contribution in [0.15, 0.2) is 29.3 Å². The molecule has 6 heteroatoms. The van der Waals surface area contributed by atoms with Crippen molar-refractivity contribution in [3.63, 3.8) is 0 Å². The summed E-state index contributed by atoms with van der Waals surface area (Å²) in [5, 5.41) is 9.49. The minimum atomic E-state index is 0.182. The molecule has 0 bridgehead atoms. The summed E-state index contributed by atoms with van der Waals surface area (Å²) in [6.45, 7) is 5.68. The molecule has 1 aromatic rings. The van der Waals surface area contributed by atoms with E-state index in [1.54, 1.807) is 0 Å². The van der Waals surface area contributed by atoms with E-state index >= 15 is 0 Å².